The van der Waals surface area contributed by atoms with Crippen LogP contribution in [0.2, 0.25) is 0 Å². The fraction of sp³-hybridized carbons (Fsp3) is 0.381. The van der Waals surface area contributed by atoms with Crippen LogP contribution in [0.15, 0.2) is 30.3 Å². The second kappa shape index (κ2) is 8.11. The van der Waals surface area contributed by atoms with Crippen LogP contribution in [0.4, 0.5) is 0 Å². The van der Waals surface area contributed by atoms with Crippen molar-refractivity contribution < 1.29 is 54.8 Å². The SMILES string of the molecule is CC1OC(O[C@H]2C(=O)c3c(O)cc(O)cc3O[C@@H]2c2ccc(O)c(O)c2)C(O)C(O)C1O. The summed E-state index contributed by atoms with van der Waals surface area (Å²) in [5, 5.41) is 69.7. The van der Waals surface area contributed by atoms with E-state index in [1.54, 1.807) is 0 Å². The van der Waals surface area contributed by atoms with Crippen molar-refractivity contribution in [1.29, 1.82) is 0 Å². The number of benzene rings is 2. The Morgan fingerprint density at radius 2 is 1.59 bits per heavy atom. The number of ketones is 1. The number of Topliss-reactive ketones (excluding diaryl/α,β-unsaturated/α-hetero) is 1. The molecule has 5 unspecified atom stereocenters. The van der Waals surface area contributed by atoms with Crippen molar-refractivity contribution >= 4 is 5.78 Å². The first-order chi connectivity index (χ1) is 15.1. The number of hydrogen-bond acceptors (Lipinski definition) is 11. The van der Waals surface area contributed by atoms with Crippen LogP contribution in [-0.4, -0.2) is 78.3 Å². The molecule has 2 aromatic rings. The zero-order valence-electron chi connectivity index (χ0n) is 16.7. The molecule has 0 radical (unpaired) electrons. The Morgan fingerprint density at radius 1 is 0.875 bits per heavy atom. The predicted molar refractivity (Wildman–Crippen MR) is 104 cm³/mol. The van der Waals surface area contributed by atoms with Crippen molar-refractivity contribution in [2.45, 2.75) is 49.8 Å². The van der Waals surface area contributed by atoms with Crippen molar-refractivity contribution in [3.8, 4) is 28.7 Å². The zero-order valence-corrected chi connectivity index (χ0v) is 16.7. The van der Waals surface area contributed by atoms with Crippen LogP contribution in [-0.2, 0) is 9.47 Å². The van der Waals surface area contributed by atoms with Crippen molar-refractivity contribution in [3.63, 3.8) is 0 Å². The van der Waals surface area contributed by atoms with Gasteiger partial charge in [-0.05, 0) is 24.6 Å². The Kier molecular flexibility index (Phi) is 5.61. The first kappa shape index (κ1) is 22.1. The number of aliphatic hydroxyl groups is 3. The lowest BCUT2D eigenvalue weighted by Gasteiger charge is -2.42. The molecule has 0 aromatic heterocycles. The highest BCUT2D eigenvalue weighted by Crippen LogP contribution is 2.44. The van der Waals surface area contributed by atoms with E-state index in [0.717, 1.165) is 18.2 Å². The van der Waals surface area contributed by atoms with E-state index in [1.165, 1.54) is 19.1 Å². The van der Waals surface area contributed by atoms with Gasteiger partial charge in [0.2, 0.25) is 5.78 Å². The molecule has 2 heterocycles. The van der Waals surface area contributed by atoms with E-state index in [4.69, 9.17) is 14.2 Å². The van der Waals surface area contributed by atoms with Crippen LogP contribution in [0.1, 0.15) is 28.9 Å². The Balaban J connectivity index is 1.75. The fourth-order valence-corrected chi connectivity index (χ4v) is 3.77. The summed E-state index contributed by atoms with van der Waals surface area (Å²) in [6.45, 7) is 1.44. The third kappa shape index (κ3) is 3.70. The summed E-state index contributed by atoms with van der Waals surface area (Å²) in [5.41, 5.74) is -0.1000. The number of fused-ring (bicyclic) bond motifs is 1. The van der Waals surface area contributed by atoms with E-state index in [9.17, 15) is 40.5 Å². The number of carbonyl (C=O) groups excluding carboxylic acids is 1. The third-order valence-electron chi connectivity index (χ3n) is 5.52. The standard InChI is InChI=1S/C21H22O11/c1-7-15(26)17(28)18(29)21(30-7)32-20-16(27)14-12(25)5-9(22)6-13(14)31-19(20)8-2-3-10(23)11(24)4-8/h2-7,15,17-26,28-29H,1H3/t7?,15?,17?,18?,19-,20+,21?/m1/s1. The molecular weight excluding hydrogens is 428 g/mol. The van der Waals surface area contributed by atoms with E-state index >= 15 is 0 Å². The van der Waals surface area contributed by atoms with Gasteiger partial charge >= 0.3 is 0 Å². The summed E-state index contributed by atoms with van der Waals surface area (Å²) in [5.74, 6) is -2.79. The summed E-state index contributed by atoms with van der Waals surface area (Å²) in [7, 11) is 0. The van der Waals surface area contributed by atoms with E-state index < -0.39 is 65.9 Å². The maximum atomic E-state index is 13.3. The minimum atomic E-state index is -1.71. The lowest BCUT2D eigenvalue weighted by molar-refractivity contribution is -0.304. The molecule has 0 amide bonds. The van der Waals surface area contributed by atoms with Crippen LogP contribution in [0.25, 0.3) is 0 Å². The van der Waals surface area contributed by atoms with Crippen LogP contribution < -0.4 is 4.74 Å². The number of hydrogen-bond donors (Lipinski definition) is 7. The normalized spacial score (nSPS) is 32.2. The van der Waals surface area contributed by atoms with Crippen molar-refractivity contribution in [2.75, 3.05) is 0 Å². The Bertz CT molecular complexity index is 1040. The highest BCUT2D eigenvalue weighted by Gasteiger charge is 2.48. The number of aliphatic hydroxyl groups excluding tert-OH is 3. The van der Waals surface area contributed by atoms with Crippen LogP contribution >= 0.6 is 0 Å². The molecule has 0 spiro atoms. The second-order valence-electron chi connectivity index (χ2n) is 7.73. The zero-order chi connectivity index (χ0) is 23.3. The number of carbonyl (C=O) groups is 1. The molecule has 7 atom stereocenters. The van der Waals surface area contributed by atoms with Gasteiger partial charge in [0.15, 0.2) is 30.0 Å². The molecular formula is C21H22O11. The van der Waals surface area contributed by atoms with Crippen LogP contribution in [0.5, 0.6) is 28.7 Å². The first-order valence-electron chi connectivity index (χ1n) is 9.72. The highest BCUT2D eigenvalue weighted by molar-refractivity contribution is 6.05. The molecule has 2 aliphatic rings. The van der Waals surface area contributed by atoms with Gasteiger partial charge in [-0.3, -0.25) is 4.79 Å². The van der Waals surface area contributed by atoms with Crippen molar-refractivity contribution in [2.24, 2.45) is 0 Å². The molecule has 2 aromatic carbocycles. The van der Waals surface area contributed by atoms with E-state index in [0.29, 0.717) is 0 Å². The second-order valence-corrected chi connectivity index (χ2v) is 7.73. The number of ether oxygens (including phenoxy) is 3. The monoisotopic (exact) mass is 450 g/mol. The van der Waals surface area contributed by atoms with Gasteiger partial charge in [-0.25, -0.2) is 0 Å². The van der Waals surface area contributed by atoms with Gasteiger partial charge in [0.05, 0.1) is 6.10 Å². The largest absolute Gasteiger partial charge is 0.508 e. The topological polar surface area (TPSA) is 186 Å². The summed E-state index contributed by atoms with van der Waals surface area (Å²) in [6, 6.07) is 5.72. The van der Waals surface area contributed by atoms with Gasteiger partial charge in [-0.1, -0.05) is 6.07 Å². The molecule has 172 valence electrons. The molecule has 0 saturated carbocycles. The fourth-order valence-electron chi connectivity index (χ4n) is 3.77. The third-order valence-corrected chi connectivity index (χ3v) is 5.52. The highest BCUT2D eigenvalue weighted by atomic mass is 16.7. The minimum absolute atomic E-state index is 0.154. The lowest BCUT2D eigenvalue weighted by Crippen LogP contribution is -2.59. The van der Waals surface area contributed by atoms with Gasteiger partial charge in [0, 0.05) is 12.1 Å². The van der Waals surface area contributed by atoms with E-state index in [1.807, 2.05) is 0 Å². The summed E-state index contributed by atoms with van der Waals surface area (Å²) in [4.78, 5) is 13.3. The molecule has 1 saturated heterocycles. The number of phenols is 4. The molecule has 1 fully saturated rings. The van der Waals surface area contributed by atoms with Gasteiger partial charge in [-0.2, -0.15) is 0 Å². The summed E-state index contributed by atoms with van der Waals surface area (Å²) in [6.07, 6.45) is -10.0. The molecule has 7 N–H and O–H groups in total. The first-order valence-corrected chi connectivity index (χ1v) is 9.72. The quantitative estimate of drug-likeness (QED) is 0.313. The summed E-state index contributed by atoms with van der Waals surface area (Å²) >= 11 is 0. The molecule has 32 heavy (non-hydrogen) atoms. The number of aromatic hydroxyl groups is 4. The molecule has 4 rings (SSSR count). The molecule has 11 nitrogen and oxygen atoms in total. The molecule has 0 bridgehead atoms. The smallest absolute Gasteiger partial charge is 0.203 e. The van der Waals surface area contributed by atoms with Crippen molar-refractivity contribution in [3.05, 3.63) is 41.5 Å². The average Bonchev–Trinajstić information content (AvgIpc) is 2.73. The van der Waals surface area contributed by atoms with Crippen LogP contribution in [0, 0.1) is 0 Å². The van der Waals surface area contributed by atoms with Crippen LogP contribution in [0.3, 0.4) is 0 Å². The molecule has 11 heteroatoms. The Morgan fingerprint density at radius 3 is 2.28 bits per heavy atom. The van der Waals surface area contributed by atoms with Gasteiger partial charge in [0.25, 0.3) is 0 Å². The Labute approximate surface area is 181 Å². The minimum Gasteiger partial charge on any atom is -0.508 e. The maximum Gasteiger partial charge on any atom is 0.203 e. The molecule has 0 aliphatic carbocycles. The van der Waals surface area contributed by atoms with Gasteiger partial charge < -0.3 is 50.0 Å². The number of phenolic OH excluding ortho intramolecular Hbond substituents is 4. The summed E-state index contributed by atoms with van der Waals surface area (Å²) < 4.78 is 16.9. The molecule has 2 aliphatic heterocycles. The number of rotatable bonds is 3. The average molecular weight is 450 g/mol. The lowest BCUT2D eigenvalue weighted by atomic mass is 9.92. The van der Waals surface area contributed by atoms with Gasteiger partial charge in [-0.15, -0.1) is 0 Å². The van der Waals surface area contributed by atoms with E-state index in [2.05, 4.69) is 0 Å². The Hall–Kier alpha value is -3.09. The van der Waals surface area contributed by atoms with Crippen molar-refractivity contribution in [1.82, 2.24) is 0 Å². The maximum absolute atomic E-state index is 13.3. The van der Waals surface area contributed by atoms with Gasteiger partial charge in [0.1, 0.15) is 41.1 Å². The van der Waals surface area contributed by atoms with E-state index in [-0.39, 0.29) is 22.6 Å². The predicted octanol–water partition coefficient (Wildman–Crippen LogP) is 0.0381.